The second kappa shape index (κ2) is 16.5. The van der Waals surface area contributed by atoms with Gasteiger partial charge in [0, 0.05) is 6.54 Å². The third kappa shape index (κ3) is 12.9. The van der Waals surface area contributed by atoms with Gasteiger partial charge in [-0.1, -0.05) is 26.0 Å². The van der Waals surface area contributed by atoms with Crippen LogP contribution in [0.1, 0.15) is 45.1 Å². The van der Waals surface area contributed by atoms with Crippen LogP contribution in [0.3, 0.4) is 0 Å². The number of carbonyl (C=O) groups excluding carboxylic acids is 4. The van der Waals surface area contributed by atoms with Crippen LogP contribution in [0.25, 0.3) is 0 Å². The number of amides is 4. The molecule has 4 unspecified atom stereocenters. The standard InChI is InChI=1S/C25H40N8O7/c1-13(2)10-19(24(39)40)33-22(37)17(4-3-9-30-25(28)29)31-23(38)18(12-20(27)35)32-21(36)16(26)11-14-5-7-15(34)8-6-14/h5-8,13,16-19,34H,3-4,9-12,26H2,1-2H3,(H2,27,35)(H,31,38)(H,32,36)(H,33,37)(H,39,40)(H4,28,29,30). The number of phenolic OH excluding ortho intramolecular Hbond substituents is 1. The van der Waals surface area contributed by atoms with Gasteiger partial charge >= 0.3 is 5.97 Å². The van der Waals surface area contributed by atoms with Crippen molar-refractivity contribution in [1.29, 1.82) is 0 Å². The van der Waals surface area contributed by atoms with E-state index in [1.54, 1.807) is 26.0 Å². The fourth-order valence-electron chi connectivity index (χ4n) is 3.68. The van der Waals surface area contributed by atoms with Crippen LogP contribution in [-0.4, -0.2) is 76.5 Å². The molecule has 0 aliphatic heterocycles. The number of aliphatic imine (C=N–C) groups is 1. The third-order valence-electron chi connectivity index (χ3n) is 5.67. The largest absolute Gasteiger partial charge is 0.508 e. The lowest BCUT2D eigenvalue weighted by atomic mass is 10.0. The summed E-state index contributed by atoms with van der Waals surface area (Å²) in [5.41, 5.74) is 22.5. The van der Waals surface area contributed by atoms with Gasteiger partial charge < -0.3 is 49.1 Å². The average Bonchev–Trinajstić information content (AvgIpc) is 2.85. The third-order valence-corrected chi connectivity index (χ3v) is 5.67. The van der Waals surface area contributed by atoms with Gasteiger partial charge in [0.25, 0.3) is 0 Å². The van der Waals surface area contributed by atoms with Crippen molar-refractivity contribution in [2.45, 2.75) is 70.1 Å². The number of aromatic hydroxyl groups is 1. The predicted octanol–water partition coefficient (Wildman–Crippen LogP) is -2.22. The Kier molecular flexibility index (Phi) is 13.9. The van der Waals surface area contributed by atoms with Crippen molar-refractivity contribution in [2.24, 2.45) is 33.8 Å². The number of phenols is 1. The first-order chi connectivity index (χ1) is 18.7. The minimum atomic E-state index is -1.46. The Hall–Kier alpha value is -4.40. The predicted molar refractivity (Wildman–Crippen MR) is 146 cm³/mol. The fraction of sp³-hybridized carbons (Fsp3) is 0.520. The highest BCUT2D eigenvalue weighted by Crippen LogP contribution is 2.11. The minimum absolute atomic E-state index is 0.0139. The zero-order valence-corrected chi connectivity index (χ0v) is 22.6. The number of carboxylic acids is 1. The van der Waals surface area contributed by atoms with Crippen LogP contribution in [0.4, 0.5) is 0 Å². The van der Waals surface area contributed by atoms with Crippen LogP contribution < -0.4 is 38.9 Å². The van der Waals surface area contributed by atoms with Gasteiger partial charge in [0.05, 0.1) is 12.5 Å². The monoisotopic (exact) mass is 564 g/mol. The molecule has 0 heterocycles. The minimum Gasteiger partial charge on any atom is -0.508 e. The normalized spacial score (nSPS) is 13.8. The number of rotatable bonds is 17. The molecular weight excluding hydrogens is 524 g/mol. The zero-order chi connectivity index (χ0) is 30.4. The van der Waals surface area contributed by atoms with Gasteiger partial charge in [-0.05, 0) is 49.3 Å². The first-order valence-corrected chi connectivity index (χ1v) is 12.7. The van der Waals surface area contributed by atoms with Crippen LogP contribution >= 0.6 is 0 Å². The summed E-state index contributed by atoms with van der Waals surface area (Å²) in [5, 5.41) is 26.2. The van der Waals surface area contributed by atoms with Crippen molar-refractivity contribution < 1.29 is 34.2 Å². The molecule has 0 bridgehead atoms. The summed E-state index contributed by atoms with van der Waals surface area (Å²) >= 11 is 0. The molecule has 15 heteroatoms. The van der Waals surface area contributed by atoms with Crippen LogP contribution in [-0.2, 0) is 30.4 Å². The van der Waals surface area contributed by atoms with Crippen LogP contribution in [0.2, 0.25) is 0 Å². The van der Waals surface area contributed by atoms with Crippen molar-refractivity contribution in [3.05, 3.63) is 29.8 Å². The van der Waals surface area contributed by atoms with E-state index in [0.717, 1.165) is 0 Å². The molecule has 0 spiro atoms. The molecule has 4 atom stereocenters. The van der Waals surface area contributed by atoms with E-state index >= 15 is 0 Å². The number of hydrogen-bond acceptors (Lipinski definition) is 8. The Morgan fingerprint density at radius 2 is 1.43 bits per heavy atom. The van der Waals surface area contributed by atoms with Crippen LogP contribution in [0, 0.1) is 5.92 Å². The van der Waals surface area contributed by atoms with Crippen molar-refractivity contribution >= 4 is 35.6 Å². The lowest BCUT2D eigenvalue weighted by molar-refractivity contribution is -0.143. The first-order valence-electron chi connectivity index (χ1n) is 12.7. The molecule has 1 aromatic rings. The highest BCUT2D eigenvalue weighted by molar-refractivity contribution is 5.96. The topological polar surface area (TPSA) is 278 Å². The number of nitrogens with zero attached hydrogens (tertiary/aromatic N) is 1. The zero-order valence-electron chi connectivity index (χ0n) is 22.6. The summed E-state index contributed by atoms with van der Waals surface area (Å²) in [7, 11) is 0. The van der Waals surface area contributed by atoms with E-state index in [1.807, 2.05) is 0 Å². The number of carbonyl (C=O) groups is 5. The molecule has 0 fully saturated rings. The quantitative estimate of drug-likeness (QED) is 0.0558. The number of nitrogens with two attached hydrogens (primary N) is 4. The molecule has 15 nitrogen and oxygen atoms in total. The van der Waals surface area contributed by atoms with Gasteiger partial charge in [-0.15, -0.1) is 0 Å². The van der Waals surface area contributed by atoms with Crippen molar-refractivity contribution in [2.75, 3.05) is 6.54 Å². The van der Waals surface area contributed by atoms with Crippen molar-refractivity contribution in [3.8, 4) is 5.75 Å². The van der Waals surface area contributed by atoms with Crippen LogP contribution in [0.5, 0.6) is 5.75 Å². The second-order valence-corrected chi connectivity index (χ2v) is 9.75. The van der Waals surface area contributed by atoms with Gasteiger partial charge in [0.2, 0.25) is 23.6 Å². The summed E-state index contributed by atoms with van der Waals surface area (Å²) in [6.07, 6.45) is -0.117. The summed E-state index contributed by atoms with van der Waals surface area (Å²) in [4.78, 5) is 66.0. The van der Waals surface area contributed by atoms with Crippen molar-refractivity contribution in [1.82, 2.24) is 16.0 Å². The maximum atomic E-state index is 13.1. The van der Waals surface area contributed by atoms with Crippen molar-refractivity contribution in [3.63, 3.8) is 0 Å². The summed E-state index contributed by atoms with van der Waals surface area (Å²) in [5.74, 6) is -4.75. The molecule has 4 amide bonds. The first kappa shape index (κ1) is 33.6. The van der Waals surface area contributed by atoms with E-state index in [2.05, 4.69) is 20.9 Å². The Bertz CT molecular complexity index is 1060. The van der Waals surface area contributed by atoms with Gasteiger partial charge in [-0.25, -0.2) is 4.79 Å². The van der Waals surface area contributed by atoms with E-state index in [9.17, 15) is 34.2 Å². The molecule has 1 aromatic carbocycles. The molecule has 0 aromatic heterocycles. The fourth-order valence-corrected chi connectivity index (χ4v) is 3.68. The molecule has 0 saturated carbocycles. The SMILES string of the molecule is CC(C)CC(NC(=O)C(CCCN=C(N)N)NC(=O)C(CC(N)=O)NC(=O)C(N)Cc1ccc(O)cc1)C(=O)O. The number of aliphatic carboxylic acids is 1. The summed E-state index contributed by atoms with van der Waals surface area (Å²) < 4.78 is 0. The smallest absolute Gasteiger partial charge is 0.326 e. The molecule has 0 aliphatic rings. The van der Waals surface area contributed by atoms with E-state index in [1.165, 1.54) is 12.1 Å². The molecule has 0 aliphatic carbocycles. The molecule has 40 heavy (non-hydrogen) atoms. The molecular formula is C25H40N8O7. The number of benzene rings is 1. The number of hydrogen-bond donors (Lipinski definition) is 9. The number of nitrogens with one attached hydrogen (secondary N) is 3. The average molecular weight is 565 g/mol. The van der Waals surface area contributed by atoms with E-state index in [-0.39, 0.29) is 49.9 Å². The molecule has 0 saturated heterocycles. The van der Waals surface area contributed by atoms with Gasteiger partial charge in [0.1, 0.15) is 23.9 Å². The maximum Gasteiger partial charge on any atom is 0.326 e. The summed E-state index contributed by atoms with van der Waals surface area (Å²) in [6, 6.07) is 0.984. The molecule has 0 radical (unpaired) electrons. The number of carboxylic acid groups (broad SMARTS) is 1. The lowest BCUT2D eigenvalue weighted by Crippen LogP contribution is -2.58. The number of guanidine groups is 1. The second-order valence-electron chi connectivity index (χ2n) is 9.75. The molecule has 1 rings (SSSR count). The maximum absolute atomic E-state index is 13.1. The van der Waals surface area contributed by atoms with Gasteiger partial charge in [-0.3, -0.25) is 24.2 Å². The Balaban J connectivity index is 3.04. The van der Waals surface area contributed by atoms with E-state index < -0.39 is 60.2 Å². The van der Waals surface area contributed by atoms with Gasteiger partial charge in [-0.2, -0.15) is 0 Å². The highest BCUT2D eigenvalue weighted by atomic mass is 16.4. The van der Waals surface area contributed by atoms with Gasteiger partial charge in [0.15, 0.2) is 5.96 Å². The lowest BCUT2D eigenvalue weighted by Gasteiger charge is -2.25. The van der Waals surface area contributed by atoms with Crippen LogP contribution in [0.15, 0.2) is 29.3 Å². The van der Waals surface area contributed by atoms with E-state index in [0.29, 0.717) is 5.56 Å². The highest BCUT2D eigenvalue weighted by Gasteiger charge is 2.31. The molecule has 222 valence electrons. The Morgan fingerprint density at radius 3 is 1.95 bits per heavy atom. The number of primary amides is 1. The Morgan fingerprint density at radius 1 is 0.875 bits per heavy atom. The Labute approximate surface area is 232 Å². The van der Waals surface area contributed by atoms with E-state index in [4.69, 9.17) is 22.9 Å². The summed E-state index contributed by atoms with van der Waals surface area (Å²) in [6.45, 7) is 3.71. The molecule has 13 N–H and O–H groups in total.